The molecule has 0 atom stereocenters. The highest BCUT2D eigenvalue weighted by molar-refractivity contribution is 7.92. The fourth-order valence-corrected chi connectivity index (χ4v) is 2.18. The van der Waals surface area contributed by atoms with E-state index < -0.39 is 21.7 Å². The number of hydrogen-bond acceptors (Lipinski definition) is 5. The molecule has 0 fully saturated rings. The number of para-hydroxylation sites is 2. The van der Waals surface area contributed by atoms with Gasteiger partial charge in [-0.1, -0.05) is 12.1 Å². The molecule has 1 amide bonds. The molecule has 22 heavy (non-hydrogen) atoms. The van der Waals surface area contributed by atoms with Crippen molar-refractivity contribution in [1.82, 2.24) is 5.32 Å². The first kappa shape index (κ1) is 18.1. The average Bonchev–Trinajstić information content (AvgIpc) is 2.32. The van der Waals surface area contributed by atoms with Crippen LogP contribution < -0.4 is 15.4 Å². The van der Waals surface area contributed by atoms with E-state index in [2.05, 4.69) is 15.4 Å². The van der Waals surface area contributed by atoms with Gasteiger partial charge in [0, 0.05) is 13.1 Å². The minimum Gasteiger partial charge on any atom is -0.444 e. The molecule has 0 radical (unpaired) electrons. The van der Waals surface area contributed by atoms with Crippen LogP contribution in [0.3, 0.4) is 0 Å². The number of carbonyl (C=O) groups is 1. The van der Waals surface area contributed by atoms with Crippen LogP contribution in [0.4, 0.5) is 16.2 Å². The molecule has 0 bridgehead atoms. The van der Waals surface area contributed by atoms with Crippen LogP contribution >= 0.6 is 0 Å². The van der Waals surface area contributed by atoms with Crippen LogP contribution in [0.5, 0.6) is 0 Å². The van der Waals surface area contributed by atoms with E-state index in [0.717, 1.165) is 6.26 Å². The van der Waals surface area contributed by atoms with Gasteiger partial charge in [0.25, 0.3) is 0 Å². The molecule has 1 aromatic carbocycles. The van der Waals surface area contributed by atoms with E-state index in [9.17, 15) is 13.2 Å². The Balaban J connectivity index is 2.47. The number of amides is 1. The van der Waals surface area contributed by atoms with Crippen molar-refractivity contribution in [2.24, 2.45) is 0 Å². The standard InChI is InChI=1S/C14H23N3O4S/c1-14(2,3)21-13(18)16-10-9-15-11-7-5-6-8-12(11)17-22(4,19)20/h5-8,15,17H,9-10H2,1-4H3,(H,16,18). The molecule has 0 spiro atoms. The van der Waals surface area contributed by atoms with Crippen LogP contribution in [0.2, 0.25) is 0 Å². The van der Waals surface area contributed by atoms with Crippen molar-refractivity contribution < 1.29 is 17.9 Å². The van der Waals surface area contributed by atoms with Crippen LogP contribution in [0, 0.1) is 0 Å². The Bertz CT molecular complexity index is 609. The van der Waals surface area contributed by atoms with Gasteiger partial charge in [0.2, 0.25) is 10.0 Å². The van der Waals surface area contributed by atoms with Gasteiger partial charge >= 0.3 is 6.09 Å². The Labute approximate surface area is 131 Å². The van der Waals surface area contributed by atoms with E-state index in [1.807, 2.05) is 0 Å². The third-order valence-corrected chi connectivity index (χ3v) is 2.92. The number of sulfonamides is 1. The summed E-state index contributed by atoms with van der Waals surface area (Å²) in [6, 6.07) is 6.93. The zero-order valence-electron chi connectivity index (χ0n) is 13.3. The van der Waals surface area contributed by atoms with E-state index in [0.29, 0.717) is 24.5 Å². The Morgan fingerprint density at radius 3 is 2.27 bits per heavy atom. The molecule has 0 aliphatic carbocycles. The molecule has 0 aliphatic heterocycles. The van der Waals surface area contributed by atoms with Crippen molar-refractivity contribution in [3.05, 3.63) is 24.3 Å². The van der Waals surface area contributed by atoms with Gasteiger partial charge in [0.05, 0.1) is 17.6 Å². The number of carbonyl (C=O) groups excluding carboxylic acids is 1. The SMILES string of the molecule is CC(C)(C)OC(=O)NCCNc1ccccc1NS(C)(=O)=O. The quantitative estimate of drug-likeness (QED) is 0.694. The normalized spacial score (nSPS) is 11.6. The van der Waals surface area contributed by atoms with Crippen molar-refractivity contribution in [3.8, 4) is 0 Å². The number of nitrogens with one attached hydrogen (secondary N) is 3. The van der Waals surface area contributed by atoms with Gasteiger partial charge < -0.3 is 15.4 Å². The highest BCUT2D eigenvalue weighted by Crippen LogP contribution is 2.21. The summed E-state index contributed by atoms with van der Waals surface area (Å²) in [5.41, 5.74) is 0.560. The van der Waals surface area contributed by atoms with E-state index in [1.54, 1.807) is 45.0 Å². The molecule has 1 aromatic rings. The van der Waals surface area contributed by atoms with Gasteiger partial charge in [0.1, 0.15) is 5.60 Å². The van der Waals surface area contributed by atoms with Gasteiger partial charge in [0.15, 0.2) is 0 Å². The molecule has 0 saturated heterocycles. The molecular formula is C14H23N3O4S. The van der Waals surface area contributed by atoms with E-state index in [-0.39, 0.29) is 0 Å². The molecule has 7 nitrogen and oxygen atoms in total. The summed E-state index contributed by atoms with van der Waals surface area (Å²) in [7, 11) is -3.34. The molecule has 0 aromatic heterocycles. The summed E-state index contributed by atoms with van der Waals surface area (Å²) >= 11 is 0. The first-order chi connectivity index (χ1) is 10.1. The first-order valence-electron chi connectivity index (χ1n) is 6.84. The molecule has 0 aliphatic rings. The summed E-state index contributed by atoms with van der Waals surface area (Å²) in [5.74, 6) is 0. The number of benzene rings is 1. The van der Waals surface area contributed by atoms with Crippen LogP contribution in [0.1, 0.15) is 20.8 Å². The lowest BCUT2D eigenvalue weighted by Crippen LogP contribution is -2.35. The smallest absolute Gasteiger partial charge is 0.407 e. The molecule has 3 N–H and O–H groups in total. The van der Waals surface area contributed by atoms with Gasteiger partial charge in [-0.2, -0.15) is 0 Å². The summed E-state index contributed by atoms with van der Waals surface area (Å²) in [5, 5.41) is 5.67. The summed E-state index contributed by atoms with van der Waals surface area (Å²) in [4.78, 5) is 11.5. The van der Waals surface area contributed by atoms with Crippen molar-refractivity contribution in [2.45, 2.75) is 26.4 Å². The number of rotatable bonds is 6. The zero-order valence-corrected chi connectivity index (χ0v) is 14.1. The van der Waals surface area contributed by atoms with Crippen molar-refractivity contribution >= 4 is 27.5 Å². The Morgan fingerprint density at radius 2 is 1.73 bits per heavy atom. The maximum atomic E-state index is 11.5. The van der Waals surface area contributed by atoms with Crippen LogP contribution in [0.15, 0.2) is 24.3 Å². The molecule has 0 unspecified atom stereocenters. The van der Waals surface area contributed by atoms with E-state index in [4.69, 9.17) is 4.74 Å². The monoisotopic (exact) mass is 329 g/mol. The van der Waals surface area contributed by atoms with Gasteiger partial charge in [-0.3, -0.25) is 4.72 Å². The largest absolute Gasteiger partial charge is 0.444 e. The summed E-state index contributed by atoms with van der Waals surface area (Å²) < 4.78 is 30.1. The third-order valence-electron chi connectivity index (χ3n) is 2.33. The molecule has 1 rings (SSSR count). The number of hydrogen-bond donors (Lipinski definition) is 3. The topological polar surface area (TPSA) is 96.5 Å². The highest BCUT2D eigenvalue weighted by atomic mass is 32.2. The predicted molar refractivity (Wildman–Crippen MR) is 87.6 cm³/mol. The second kappa shape index (κ2) is 7.35. The van der Waals surface area contributed by atoms with E-state index >= 15 is 0 Å². The molecular weight excluding hydrogens is 306 g/mol. The van der Waals surface area contributed by atoms with Crippen molar-refractivity contribution in [3.63, 3.8) is 0 Å². The van der Waals surface area contributed by atoms with Crippen LogP contribution in [-0.2, 0) is 14.8 Å². The number of anilines is 2. The average molecular weight is 329 g/mol. The van der Waals surface area contributed by atoms with Gasteiger partial charge in [-0.05, 0) is 32.9 Å². The molecule has 124 valence electrons. The Hall–Kier alpha value is -1.96. The molecule has 0 saturated carbocycles. The zero-order chi connectivity index (χ0) is 16.8. The number of alkyl carbamates (subject to hydrolysis) is 1. The van der Waals surface area contributed by atoms with Crippen molar-refractivity contribution in [1.29, 1.82) is 0 Å². The molecule has 0 heterocycles. The third kappa shape index (κ3) is 7.72. The Morgan fingerprint density at radius 1 is 1.14 bits per heavy atom. The second-order valence-corrected chi connectivity index (χ2v) is 7.52. The fourth-order valence-electron chi connectivity index (χ4n) is 1.60. The maximum Gasteiger partial charge on any atom is 0.407 e. The summed E-state index contributed by atoms with van der Waals surface area (Å²) in [6.07, 6.45) is 0.602. The maximum absolute atomic E-state index is 11.5. The first-order valence-corrected chi connectivity index (χ1v) is 8.73. The van der Waals surface area contributed by atoms with Gasteiger partial charge in [-0.15, -0.1) is 0 Å². The minimum atomic E-state index is -3.34. The summed E-state index contributed by atoms with van der Waals surface area (Å²) in [6.45, 7) is 6.15. The lowest BCUT2D eigenvalue weighted by atomic mass is 10.2. The highest BCUT2D eigenvalue weighted by Gasteiger charge is 2.15. The van der Waals surface area contributed by atoms with Gasteiger partial charge in [-0.25, -0.2) is 13.2 Å². The van der Waals surface area contributed by atoms with Crippen molar-refractivity contribution in [2.75, 3.05) is 29.4 Å². The minimum absolute atomic E-state index is 0.349. The second-order valence-electron chi connectivity index (χ2n) is 5.78. The lowest BCUT2D eigenvalue weighted by molar-refractivity contribution is 0.0530. The molecule has 8 heteroatoms. The number of ether oxygens (including phenoxy) is 1. The fraction of sp³-hybridized carbons (Fsp3) is 0.500. The lowest BCUT2D eigenvalue weighted by Gasteiger charge is -2.20. The predicted octanol–water partition coefficient (Wildman–Crippen LogP) is 1.99. The van der Waals surface area contributed by atoms with Crippen LogP contribution in [0.25, 0.3) is 0 Å². The Kier molecular flexibility index (Phi) is 6.04. The van der Waals surface area contributed by atoms with Crippen LogP contribution in [-0.4, -0.2) is 39.5 Å². The van der Waals surface area contributed by atoms with E-state index in [1.165, 1.54) is 0 Å².